The lowest BCUT2D eigenvalue weighted by atomic mass is 10.2. The van der Waals surface area contributed by atoms with Crippen LogP contribution in [0.15, 0.2) is 40.2 Å². The predicted molar refractivity (Wildman–Crippen MR) is 87.1 cm³/mol. The van der Waals surface area contributed by atoms with Crippen molar-refractivity contribution in [2.75, 3.05) is 38.2 Å². The average molecular weight is 332 g/mol. The van der Waals surface area contributed by atoms with Gasteiger partial charge in [-0.05, 0) is 6.07 Å². The van der Waals surface area contributed by atoms with E-state index in [0.717, 1.165) is 0 Å². The van der Waals surface area contributed by atoms with E-state index in [2.05, 4.69) is 4.98 Å². The fraction of sp³-hybridized carbons (Fsp3) is 0.438. The highest BCUT2D eigenvalue weighted by molar-refractivity contribution is 5.93. The molecule has 0 bridgehead atoms. The summed E-state index contributed by atoms with van der Waals surface area (Å²) in [6.45, 7) is 1.93. The number of morpholine rings is 1. The third-order valence-corrected chi connectivity index (χ3v) is 4.03. The number of aromatic nitrogens is 2. The molecule has 0 saturated carbocycles. The standard InChI is InChI=1S/C16H20N4O4/c1-18-5-4-17-14(16(18)22)19(2)9-13-10-20(6-8-24-13)15(21)12-3-7-23-11-12/h3-5,7,11,13H,6,8-10H2,1-2H3/t13-/m1/s1. The molecular weight excluding hydrogens is 312 g/mol. The Balaban J connectivity index is 1.66. The Labute approximate surface area is 139 Å². The maximum atomic E-state index is 12.4. The highest BCUT2D eigenvalue weighted by Crippen LogP contribution is 2.13. The zero-order valence-electron chi connectivity index (χ0n) is 13.7. The molecule has 0 aliphatic carbocycles. The maximum absolute atomic E-state index is 12.4. The molecule has 2 aromatic rings. The summed E-state index contributed by atoms with van der Waals surface area (Å²) in [4.78, 5) is 32.2. The van der Waals surface area contributed by atoms with E-state index in [0.29, 0.717) is 37.6 Å². The van der Waals surface area contributed by atoms with Crippen molar-refractivity contribution in [3.05, 3.63) is 46.9 Å². The summed E-state index contributed by atoms with van der Waals surface area (Å²) in [6.07, 6.45) is 5.93. The van der Waals surface area contributed by atoms with E-state index in [-0.39, 0.29) is 17.6 Å². The fourth-order valence-corrected chi connectivity index (χ4v) is 2.72. The molecule has 128 valence electrons. The summed E-state index contributed by atoms with van der Waals surface area (Å²) in [6, 6.07) is 1.65. The third-order valence-electron chi connectivity index (χ3n) is 4.03. The number of aryl methyl sites for hydroxylation is 1. The predicted octanol–water partition coefficient (Wildman–Crippen LogP) is 0.351. The lowest BCUT2D eigenvalue weighted by molar-refractivity contribution is -0.0172. The zero-order valence-corrected chi connectivity index (χ0v) is 13.7. The Morgan fingerprint density at radius 3 is 3.08 bits per heavy atom. The van der Waals surface area contributed by atoms with Gasteiger partial charge in [-0.3, -0.25) is 9.59 Å². The van der Waals surface area contributed by atoms with Gasteiger partial charge in [-0.2, -0.15) is 0 Å². The molecule has 1 aliphatic rings. The van der Waals surface area contributed by atoms with Crippen LogP contribution in [-0.2, 0) is 11.8 Å². The Hall–Kier alpha value is -2.61. The number of ether oxygens (including phenoxy) is 1. The van der Waals surface area contributed by atoms with Crippen LogP contribution in [0.4, 0.5) is 5.82 Å². The minimum Gasteiger partial charge on any atom is -0.472 e. The molecule has 8 nitrogen and oxygen atoms in total. The minimum atomic E-state index is -0.189. The van der Waals surface area contributed by atoms with Crippen LogP contribution >= 0.6 is 0 Å². The van der Waals surface area contributed by atoms with Crippen molar-refractivity contribution in [3.8, 4) is 0 Å². The third kappa shape index (κ3) is 3.33. The molecule has 2 aromatic heterocycles. The van der Waals surface area contributed by atoms with Gasteiger partial charge in [-0.15, -0.1) is 0 Å². The van der Waals surface area contributed by atoms with Crippen molar-refractivity contribution in [2.45, 2.75) is 6.10 Å². The van der Waals surface area contributed by atoms with Gasteiger partial charge in [0.2, 0.25) is 0 Å². The minimum absolute atomic E-state index is 0.0755. The summed E-state index contributed by atoms with van der Waals surface area (Å²) >= 11 is 0. The normalized spacial score (nSPS) is 17.8. The number of likely N-dealkylation sites (N-methyl/N-ethyl adjacent to an activating group) is 1. The Kier molecular flexibility index (Phi) is 4.66. The molecule has 1 aliphatic heterocycles. The van der Waals surface area contributed by atoms with Crippen LogP contribution in [0.1, 0.15) is 10.4 Å². The summed E-state index contributed by atoms with van der Waals surface area (Å²) in [5.41, 5.74) is 0.365. The van der Waals surface area contributed by atoms with E-state index in [9.17, 15) is 9.59 Å². The van der Waals surface area contributed by atoms with Gasteiger partial charge in [0.05, 0.1) is 24.5 Å². The van der Waals surface area contributed by atoms with E-state index >= 15 is 0 Å². The number of carbonyl (C=O) groups excluding carboxylic acids is 1. The van der Waals surface area contributed by atoms with Gasteiger partial charge in [-0.25, -0.2) is 4.98 Å². The van der Waals surface area contributed by atoms with Crippen LogP contribution < -0.4 is 10.5 Å². The summed E-state index contributed by atoms with van der Waals surface area (Å²) < 4.78 is 12.2. The zero-order chi connectivity index (χ0) is 17.1. The molecule has 8 heteroatoms. The molecule has 0 spiro atoms. The first-order valence-electron chi connectivity index (χ1n) is 7.72. The quantitative estimate of drug-likeness (QED) is 0.804. The topological polar surface area (TPSA) is 80.8 Å². The Morgan fingerprint density at radius 2 is 2.33 bits per heavy atom. The van der Waals surface area contributed by atoms with E-state index in [4.69, 9.17) is 9.15 Å². The highest BCUT2D eigenvalue weighted by atomic mass is 16.5. The SMILES string of the molecule is CN(C[C@@H]1CN(C(=O)c2ccoc2)CCO1)c1nccn(C)c1=O. The fourth-order valence-electron chi connectivity index (χ4n) is 2.72. The Morgan fingerprint density at radius 1 is 1.50 bits per heavy atom. The number of furan rings is 1. The molecule has 1 fully saturated rings. The second kappa shape index (κ2) is 6.88. The van der Waals surface area contributed by atoms with Crippen LogP contribution in [0, 0.1) is 0 Å². The lowest BCUT2D eigenvalue weighted by Gasteiger charge is -2.34. The molecule has 1 atom stereocenters. The second-order valence-corrected chi connectivity index (χ2v) is 5.80. The first kappa shape index (κ1) is 16.3. The van der Waals surface area contributed by atoms with Gasteiger partial charge in [-0.1, -0.05) is 0 Å². The highest BCUT2D eigenvalue weighted by Gasteiger charge is 2.27. The van der Waals surface area contributed by atoms with Gasteiger partial charge in [0.25, 0.3) is 11.5 Å². The summed E-state index contributed by atoms with van der Waals surface area (Å²) in [5, 5.41) is 0. The number of hydrogen-bond donors (Lipinski definition) is 0. The van der Waals surface area contributed by atoms with Crippen molar-refractivity contribution < 1.29 is 13.9 Å². The number of carbonyl (C=O) groups is 1. The van der Waals surface area contributed by atoms with Crippen molar-refractivity contribution in [2.24, 2.45) is 7.05 Å². The number of nitrogens with zero attached hydrogens (tertiary/aromatic N) is 4. The number of rotatable bonds is 4. The van der Waals surface area contributed by atoms with E-state index in [1.165, 1.54) is 17.1 Å². The van der Waals surface area contributed by atoms with Gasteiger partial charge < -0.3 is 23.5 Å². The second-order valence-electron chi connectivity index (χ2n) is 5.80. The van der Waals surface area contributed by atoms with Gasteiger partial charge in [0, 0.05) is 46.1 Å². The first-order chi connectivity index (χ1) is 11.6. The van der Waals surface area contributed by atoms with Crippen LogP contribution in [-0.4, -0.2) is 59.8 Å². The summed E-state index contributed by atoms with van der Waals surface area (Å²) in [7, 11) is 3.48. The van der Waals surface area contributed by atoms with Crippen LogP contribution in [0.2, 0.25) is 0 Å². The van der Waals surface area contributed by atoms with Gasteiger partial charge >= 0.3 is 0 Å². The van der Waals surface area contributed by atoms with Gasteiger partial charge in [0.1, 0.15) is 6.26 Å². The monoisotopic (exact) mass is 332 g/mol. The van der Waals surface area contributed by atoms with Gasteiger partial charge in [0.15, 0.2) is 5.82 Å². The largest absolute Gasteiger partial charge is 0.472 e. The van der Waals surface area contributed by atoms with Crippen molar-refractivity contribution in [3.63, 3.8) is 0 Å². The molecule has 3 rings (SSSR count). The lowest BCUT2D eigenvalue weighted by Crippen LogP contribution is -2.49. The van der Waals surface area contributed by atoms with E-state index in [1.54, 1.807) is 42.4 Å². The smallest absolute Gasteiger partial charge is 0.293 e. The molecular formula is C16H20N4O4. The van der Waals surface area contributed by atoms with Crippen LogP contribution in [0.5, 0.6) is 0 Å². The average Bonchev–Trinajstić information content (AvgIpc) is 3.11. The molecule has 24 heavy (non-hydrogen) atoms. The first-order valence-corrected chi connectivity index (χ1v) is 7.72. The van der Waals surface area contributed by atoms with E-state index < -0.39 is 0 Å². The number of anilines is 1. The van der Waals surface area contributed by atoms with Crippen LogP contribution in [0.3, 0.4) is 0 Å². The van der Waals surface area contributed by atoms with Crippen LogP contribution in [0.25, 0.3) is 0 Å². The molecule has 0 N–H and O–H groups in total. The number of amides is 1. The number of hydrogen-bond acceptors (Lipinski definition) is 6. The van der Waals surface area contributed by atoms with Crippen molar-refractivity contribution >= 4 is 11.7 Å². The van der Waals surface area contributed by atoms with E-state index in [1.807, 2.05) is 0 Å². The molecule has 1 amide bonds. The van der Waals surface area contributed by atoms with Crippen molar-refractivity contribution in [1.82, 2.24) is 14.5 Å². The molecule has 3 heterocycles. The Bertz CT molecular complexity index is 756. The maximum Gasteiger partial charge on any atom is 0.293 e. The molecule has 0 aromatic carbocycles. The van der Waals surface area contributed by atoms with Crippen molar-refractivity contribution in [1.29, 1.82) is 0 Å². The molecule has 0 radical (unpaired) electrons. The molecule has 0 unspecified atom stereocenters. The summed E-state index contributed by atoms with van der Waals surface area (Å²) in [5.74, 6) is 0.287. The molecule has 1 saturated heterocycles.